The summed E-state index contributed by atoms with van der Waals surface area (Å²) in [4.78, 5) is 2.37. The first-order valence-corrected chi connectivity index (χ1v) is 7.07. The van der Waals surface area contributed by atoms with Crippen LogP contribution in [0.3, 0.4) is 0 Å². The molecule has 3 heteroatoms. The Morgan fingerprint density at radius 1 is 1.11 bits per heavy atom. The molecule has 2 N–H and O–H groups in total. The predicted molar refractivity (Wildman–Crippen MR) is 73.1 cm³/mol. The molecule has 0 radical (unpaired) electrons. The van der Waals surface area contributed by atoms with E-state index in [1.54, 1.807) is 12.1 Å². The summed E-state index contributed by atoms with van der Waals surface area (Å²) < 4.78 is 13.4. The van der Waals surface area contributed by atoms with Crippen LogP contribution in [0.1, 0.15) is 38.5 Å². The fourth-order valence-electron chi connectivity index (χ4n) is 3.69. The largest absolute Gasteiger partial charge is 0.397 e. The van der Waals surface area contributed by atoms with Gasteiger partial charge in [0.2, 0.25) is 0 Å². The highest BCUT2D eigenvalue weighted by atomic mass is 19.1. The van der Waals surface area contributed by atoms with Crippen LogP contribution >= 0.6 is 0 Å². The van der Waals surface area contributed by atoms with E-state index in [-0.39, 0.29) is 5.82 Å². The Morgan fingerprint density at radius 2 is 1.89 bits per heavy atom. The third kappa shape index (κ3) is 2.06. The van der Waals surface area contributed by atoms with Crippen LogP contribution in [-0.2, 0) is 0 Å². The molecule has 2 nitrogen and oxygen atoms in total. The molecule has 18 heavy (non-hydrogen) atoms. The monoisotopic (exact) mass is 248 g/mol. The first-order valence-electron chi connectivity index (χ1n) is 7.07. The van der Waals surface area contributed by atoms with Crippen molar-refractivity contribution >= 4 is 11.4 Å². The Labute approximate surface area is 108 Å². The zero-order valence-electron chi connectivity index (χ0n) is 10.7. The maximum atomic E-state index is 13.4. The standard InChI is InChI=1S/C15H21FN2/c16-12-7-8-13(17)15(10-12)18-9-3-5-11-4-1-2-6-14(11)18/h7-8,10-11,14H,1-6,9,17H2. The third-order valence-electron chi connectivity index (χ3n) is 4.55. The van der Waals surface area contributed by atoms with E-state index in [4.69, 9.17) is 5.73 Å². The molecule has 0 spiro atoms. The van der Waals surface area contributed by atoms with Gasteiger partial charge in [-0.25, -0.2) is 4.39 Å². The van der Waals surface area contributed by atoms with Crippen molar-refractivity contribution in [1.29, 1.82) is 0 Å². The van der Waals surface area contributed by atoms with E-state index >= 15 is 0 Å². The van der Waals surface area contributed by atoms with Crippen LogP contribution in [0.5, 0.6) is 0 Å². The summed E-state index contributed by atoms with van der Waals surface area (Å²) in [6.45, 7) is 1.02. The zero-order chi connectivity index (χ0) is 12.5. The van der Waals surface area contributed by atoms with Gasteiger partial charge in [-0.3, -0.25) is 0 Å². The summed E-state index contributed by atoms with van der Waals surface area (Å²) >= 11 is 0. The topological polar surface area (TPSA) is 29.3 Å². The first kappa shape index (κ1) is 11.8. The molecule has 2 fully saturated rings. The van der Waals surface area contributed by atoms with E-state index < -0.39 is 0 Å². The second-order valence-corrected chi connectivity index (χ2v) is 5.65. The number of nitrogens with two attached hydrogens (primary N) is 1. The molecule has 2 unspecified atom stereocenters. The minimum absolute atomic E-state index is 0.183. The third-order valence-corrected chi connectivity index (χ3v) is 4.55. The van der Waals surface area contributed by atoms with Gasteiger partial charge in [0, 0.05) is 12.6 Å². The number of anilines is 2. The number of benzene rings is 1. The molecule has 0 aromatic heterocycles. The molecule has 1 saturated heterocycles. The zero-order valence-corrected chi connectivity index (χ0v) is 10.7. The highest BCUT2D eigenvalue weighted by Crippen LogP contribution is 2.39. The van der Waals surface area contributed by atoms with Crippen molar-refractivity contribution in [2.45, 2.75) is 44.6 Å². The van der Waals surface area contributed by atoms with E-state index in [1.165, 1.54) is 44.6 Å². The normalized spacial score (nSPS) is 27.9. The van der Waals surface area contributed by atoms with E-state index in [0.29, 0.717) is 11.7 Å². The maximum Gasteiger partial charge on any atom is 0.125 e. The number of rotatable bonds is 1. The summed E-state index contributed by atoms with van der Waals surface area (Å²) in [5.41, 5.74) is 7.65. The van der Waals surface area contributed by atoms with E-state index in [1.807, 2.05) is 0 Å². The fourth-order valence-corrected chi connectivity index (χ4v) is 3.69. The summed E-state index contributed by atoms with van der Waals surface area (Å²) in [6.07, 6.45) is 7.76. The Kier molecular flexibility index (Phi) is 3.14. The minimum atomic E-state index is -0.183. The molecule has 2 aliphatic rings. The number of hydrogen-bond donors (Lipinski definition) is 1. The fraction of sp³-hybridized carbons (Fsp3) is 0.600. The lowest BCUT2D eigenvalue weighted by atomic mass is 9.78. The van der Waals surface area contributed by atoms with Crippen molar-refractivity contribution in [3.63, 3.8) is 0 Å². The molecule has 0 bridgehead atoms. The van der Waals surface area contributed by atoms with Crippen LogP contribution in [-0.4, -0.2) is 12.6 Å². The van der Waals surface area contributed by atoms with E-state index in [0.717, 1.165) is 18.2 Å². The molecule has 1 heterocycles. The molecule has 1 aliphatic carbocycles. The van der Waals surface area contributed by atoms with Gasteiger partial charge < -0.3 is 10.6 Å². The Morgan fingerprint density at radius 3 is 2.78 bits per heavy atom. The van der Waals surface area contributed by atoms with Crippen LogP contribution in [0.25, 0.3) is 0 Å². The smallest absolute Gasteiger partial charge is 0.125 e. The summed E-state index contributed by atoms with van der Waals surface area (Å²) in [6, 6.07) is 5.32. The minimum Gasteiger partial charge on any atom is -0.397 e. The van der Waals surface area contributed by atoms with Gasteiger partial charge >= 0.3 is 0 Å². The number of piperidine rings is 1. The lowest BCUT2D eigenvalue weighted by Gasteiger charge is -2.45. The van der Waals surface area contributed by atoms with Crippen molar-refractivity contribution in [1.82, 2.24) is 0 Å². The summed E-state index contributed by atoms with van der Waals surface area (Å²) in [5.74, 6) is 0.604. The van der Waals surface area contributed by atoms with Gasteiger partial charge in [-0.1, -0.05) is 12.8 Å². The highest BCUT2D eigenvalue weighted by molar-refractivity contribution is 5.68. The summed E-state index contributed by atoms with van der Waals surface area (Å²) in [7, 11) is 0. The molecule has 2 atom stereocenters. The molecule has 1 aromatic carbocycles. The first-order chi connectivity index (χ1) is 8.75. The SMILES string of the molecule is Nc1ccc(F)cc1N1CCCC2CCCCC21. The molecule has 1 aliphatic heterocycles. The van der Waals surface area contributed by atoms with Crippen molar-refractivity contribution in [2.75, 3.05) is 17.2 Å². The Bertz CT molecular complexity index is 431. The van der Waals surface area contributed by atoms with Crippen LogP contribution in [0, 0.1) is 11.7 Å². The average Bonchev–Trinajstić information content (AvgIpc) is 2.41. The van der Waals surface area contributed by atoms with Crippen molar-refractivity contribution in [3.8, 4) is 0 Å². The van der Waals surface area contributed by atoms with Crippen LogP contribution in [0.4, 0.5) is 15.8 Å². The van der Waals surface area contributed by atoms with Gasteiger partial charge in [0.1, 0.15) is 5.82 Å². The Balaban J connectivity index is 1.91. The predicted octanol–water partition coefficient (Wildman–Crippen LogP) is 3.57. The van der Waals surface area contributed by atoms with Crippen LogP contribution in [0.2, 0.25) is 0 Å². The van der Waals surface area contributed by atoms with Gasteiger partial charge in [-0.05, 0) is 49.8 Å². The van der Waals surface area contributed by atoms with Crippen LogP contribution in [0.15, 0.2) is 18.2 Å². The molecular weight excluding hydrogens is 227 g/mol. The molecule has 0 amide bonds. The number of halogens is 1. The van der Waals surface area contributed by atoms with Gasteiger partial charge in [0.15, 0.2) is 0 Å². The van der Waals surface area contributed by atoms with Crippen molar-refractivity contribution in [3.05, 3.63) is 24.0 Å². The van der Waals surface area contributed by atoms with Crippen LogP contribution < -0.4 is 10.6 Å². The van der Waals surface area contributed by atoms with Gasteiger partial charge in [0.05, 0.1) is 11.4 Å². The quantitative estimate of drug-likeness (QED) is 0.770. The van der Waals surface area contributed by atoms with Crippen molar-refractivity contribution in [2.24, 2.45) is 5.92 Å². The van der Waals surface area contributed by atoms with Gasteiger partial charge in [0.25, 0.3) is 0 Å². The number of fused-ring (bicyclic) bond motifs is 1. The maximum absolute atomic E-state index is 13.4. The van der Waals surface area contributed by atoms with Crippen molar-refractivity contribution < 1.29 is 4.39 Å². The second-order valence-electron chi connectivity index (χ2n) is 5.65. The number of hydrogen-bond acceptors (Lipinski definition) is 2. The lowest BCUT2D eigenvalue weighted by molar-refractivity contribution is 0.244. The second kappa shape index (κ2) is 4.79. The molecule has 98 valence electrons. The molecule has 1 aromatic rings. The van der Waals surface area contributed by atoms with Gasteiger partial charge in [-0.2, -0.15) is 0 Å². The average molecular weight is 248 g/mol. The number of nitrogen functional groups attached to an aromatic ring is 1. The summed E-state index contributed by atoms with van der Waals surface area (Å²) in [5, 5.41) is 0. The van der Waals surface area contributed by atoms with E-state index in [2.05, 4.69) is 4.90 Å². The molecule has 3 rings (SSSR count). The van der Waals surface area contributed by atoms with Gasteiger partial charge in [-0.15, -0.1) is 0 Å². The molecule has 1 saturated carbocycles. The Hall–Kier alpha value is -1.25. The molecular formula is C15H21FN2. The number of nitrogens with zero attached hydrogens (tertiary/aromatic N) is 1. The lowest BCUT2D eigenvalue weighted by Crippen LogP contribution is -2.47. The van der Waals surface area contributed by atoms with E-state index in [9.17, 15) is 4.39 Å². The highest BCUT2D eigenvalue weighted by Gasteiger charge is 2.33.